The van der Waals surface area contributed by atoms with Gasteiger partial charge in [-0.05, 0) is 38.0 Å². The van der Waals surface area contributed by atoms with Crippen LogP contribution in [-0.2, 0) is 17.9 Å². The first-order chi connectivity index (χ1) is 15.0. The van der Waals surface area contributed by atoms with Crippen molar-refractivity contribution in [3.05, 3.63) is 72.5 Å². The van der Waals surface area contributed by atoms with Crippen LogP contribution in [0.2, 0.25) is 0 Å². The van der Waals surface area contributed by atoms with Crippen LogP contribution in [-0.4, -0.2) is 49.9 Å². The maximum atomic E-state index is 13.8. The van der Waals surface area contributed by atoms with E-state index in [2.05, 4.69) is 34.5 Å². The van der Waals surface area contributed by atoms with Crippen LogP contribution in [0, 0.1) is 5.41 Å². The van der Waals surface area contributed by atoms with Crippen molar-refractivity contribution in [2.24, 2.45) is 5.41 Å². The minimum atomic E-state index is -0.428. The van der Waals surface area contributed by atoms with Crippen molar-refractivity contribution in [1.29, 1.82) is 0 Å². The second kappa shape index (κ2) is 7.96. The van der Waals surface area contributed by atoms with E-state index >= 15 is 0 Å². The van der Waals surface area contributed by atoms with Crippen LogP contribution < -0.4 is 0 Å². The number of carbonyl (C=O) groups excluding carboxylic acids is 1. The SMILES string of the molecule is CC(C)n1cnc([C@H]2CN(Cc3ccoc3)C[C@@]23CCN(Cc2cccnc2)C3=O)c1. The molecule has 3 aromatic heterocycles. The van der Waals surface area contributed by atoms with Gasteiger partial charge in [0.05, 0.1) is 30.0 Å². The number of pyridine rings is 1. The predicted molar refractivity (Wildman–Crippen MR) is 116 cm³/mol. The Morgan fingerprint density at radius 2 is 2.16 bits per heavy atom. The Balaban J connectivity index is 1.43. The van der Waals surface area contributed by atoms with Crippen LogP contribution in [0.5, 0.6) is 0 Å². The van der Waals surface area contributed by atoms with Gasteiger partial charge in [-0.15, -0.1) is 0 Å². The van der Waals surface area contributed by atoms with Crippen LogP contribution in [0.3, 0.4) is 0 Å². The summed E-state index contributed by atoms with van der Waals surface area (Å²) in [6.45, 7) is 8.05. The van der Waals surface area contributed by atoms with E-state index in [4.69, 9.17) is 9.40 Å². The van der Waals surface area contributed by atoms with E-state index < -0.39 is 5.41 Å². The van der Waals surface area contributed by atoms with Gasteiger partial charge in [0.2, 0.25) is 5.91 Å². The lowest BCUT2D eigenvalue weighted by Crippen LogP contribution is -2.39. The predicted octanol–water partition coefficient (Wildman–Crippen LogP) is 3.47. The Morgan fingerprint density at radius 1 is 1.26 bits per heavy atom. The highest BCUT2D eigenvalue weighted by molar-refractivity contribution is 5.86. The molecule has 2 fully saturated rings. The molecule has 0 bridgehead atoms. The number of furan rings is 1. The largest absolute Gasteiger partial charge is 0.472 e. The lowest BCUT2D eigenvalue weighted by atomic mass is 9.75. The average molecular weight is 420 g/mol. The lowest BCUT2D eigenvalue weighted by Gasteiger charge is -2.28. The van der Waals surface area contributed by atoms with E-state index in [9.17, 15) is 4.79 Å². The summed E-state index contributed by atoms with van der Waals surface area (Å²) in [6, 6.07) is 6.31. The van der Waals surface area contributed by atoms with Gasteiger partial charge in [0.1, 0.15) is 0 Å². The quantitative estimate of drug-likeness (QED) is 0.612. The smallest absolute Gasteiger partial charge is 0.231 e. The molecule has 2 saturated heterocycles. The third kappa shape index (κ3) is 3.67. The number of hydrogen-bond donors (Lipinski definition) is 0. The van der Waals surface area contributed by atoms with Crippen molar-refractivity contribution in [1.82, 2.24) is 24.3 Å². The van der Waals surface area contributed by atoms with E-state index in [1.165, 1.54) is 0 Å². The Bertz CT molecular complexity index is 1030. The highest BCUT2D eigenvalue weighted by atomic mass is 16.3. The number of likely N-dealkylation sites (tertiary alicyclic amines) is 2. The molecule has 162 valence electrons. The minimum Gasteiger partial charge on any atom is -0.472 e. The zero-order valence-corrected chi connectivity index (χ0v) is 18.1. The number of aromatic nitrogens is 3. The Kier molecular flexibility index (Phi) is 5.14. The van der Waals surface area contributed by atoms with Crippen LogP contribution in [0.4, 0.5) is 0 Å². The highest BCUT2D eigenvalue weighted by Gasteiger charge is 2.57. The van der Waals surface area contributed by atoms with Crippen LogP contribution in [0.25, 0.3) is 0 Å². The zero-order chi connectivity index (χ0) is 21.4. The molecule has 0 saturated carbocycles. The number of rotatable bonds is 6. The third-order valence-electron chi connectivity index (χ3n) is 6.81. The summed E-state index contributed by atoms with van der Waals surface area (Å²) in [5.74, 6) is 0.334. The summed E-state index contributed by atoms with van der Waals surface area (Å²) in [4.78, 5) is 27.2. The molecule has 5 rings (SSSR count). The van der Waals surface area contributed by atoms with Crippen LogP contribution in [0.1, 0.15) is 49.0 Å². The highest BCUT2D eigenvalue weighted by Crippen LogP contribution is 2.50. The molecule has 7 nitrogen and oxygen atoms in total. The summed E-state index contributed by atoms with van der Waals surface area (Å²) >= 11 is 0. The molecule has 0 aliphatic carbocycles. The van der Waals surface area contributed by atoms with Crippen LogP contribution in [0.15, 0.2) is 60.1 Å². The second-order valence-corrected chi connectivity index (χ2v) is 9.19. The topological polar surface area (TPSA) is 67.4 Å². The van der Waals surface area contributed by atoms with Crippen molar-refractivity contribution >= 4 is 5.91 Å². The number of nitrogens with zero attached hydrogens (tertiary/aromatic N) is 5. The van der Waals surface area contributed by atoms with Crippen molar-refractivity contribution in [3.63, 3.8) is 0 Å². The number of imidazole rings is 1. The van der Waals surface area contributed by atoms with E-state index in [-0.39, 0.29) is 11.8 Å². The second-order valence-electron chi connectivity index (χ2n) is 9.19. The Hall–Kier alpha value is -2.93. The molecule has 0 unspecified atom stereocenters. The van der Waals surface area contributed by atoms with Crippen LogP contribution >= 0.6 is 0 Å². The fourth-order valence-electron chi connectivity index (χ4n) is 5.15. The summed E-state index contributed by atoms with van der Waals surface area (Å²) in [5, 5.41) is 0. The van der Waals surface area contributed by atoms with Gasteiger partial charge in [0.15, 0.2) is 0 Å². The first kappa shape index (κ1) is 20.0. The normalized spacial score (nSPS) is 24.2. The van der Waals surface area contributed by atoms with Crippen molar-refractivity contribution in [2.45, 2.75) is 45.3 Å². The Morgan fingerprint density at radius 3 is 2.87 bits per heavy atom. The van der Waals surface area contributed by atoms with E-state index in [0.29, 0.717) is 12.6 Å². The van der Waals surface area contributed by atoms with Crippen molar-refractivity contribution in [3.8, 4) is 0 Å². The maximum absolute atomic E-state index is 13.8. The monoisotopic (exact) mass is 419 g/mol. The molecule has 7 heteroatoms. The molecule has 3 aromatic rings. The summed E-state index contributed by atoms with van der Waals surface area (Å²) in [6.07, 6.45) is 12.0. The molecule has 0 N–H and O–H groups in total. The van der Waals surface area contributed by atoms with Gasteiger partial charge >= 0.3 is 0 Å². The first-order valence-electron chi connectivity index (χ1n) is 11.0. The summed E-state index contributed by atoms with van der Waals surface area (Å²) in [5.41, 5.74) is 2.81. The van der Waals surface area contributed by atoms with Gasteiger partial charge in [0, 0.05) is 68.8 Å². The standard InChI is InChI=1S/C24H29N5O2/c1-18(2)29-14-22(26-17-29)21-13-27(11-20-5-9-31-15-20)16-24(21)6-8-28(23(24)30)12-19-4-3-7-25-10-19/h3-5,7,9-10,14-15,17-18,21H,6,8,11-13,16H2,1-2H3/t21-,24+/m1/s1. The molecule has 0 aromatic carbocycles. The molecular weight excluding hydrogens is 390 g/mol. The van der Waals surface area contributed by atoms with Crippen molar-refractivity contribution in [2.75, 3.05) is 19.6 Å². The molecule has 2 atom stereocenters. The van der Waals surface area contributed by atoms with E-state index in [1.54, 1.807) is 18.7 Å². The van der Waals surface area contributed by atoms with E-state index in [1.807, 2.05) is 35.6 Å². The molecule has 2 aliphatic heterocycles. The number of hydrogen-bond acceptors (Lipinski definition) is 5. The van der Waals surface area contributed by atoms with Gasteiger partial charge in [-0.2, -0.15) is 0 Å². The third-order valence-corrected chi connectivity index (χ3v) is 6.81. The fraction of sp³-hybridized carbons (Fsp3) is 0.458. The molecular formula is C24H29N5O2. The summed E-state index contributed by atoms with van der Waals surface area (Å²) < 4.78 is 7.40. The summed E-state index contributed by atoms with van der Waals surface area (Å²) in [7, 11) is 0. The zero-order valence-electron chi connectivity index (χ0n) is 18.1. The van der Waals surface area contributed by atoms with Gasteiger partial charge in [-0.1, -0.05) is 6.07 Å². The Labute approximate surface area is 182 Å². The molecule has 31 heavy (non-hydrogen) atoms. The maximum Gasteiger partial charge on any atom is 0.231 e. The molecule has 0 radical (unpaired) electrons. The number of amides is 1. The lowest BCUT2D eigenvalue weighted by molar-refractivity contribution is -0.136. The molecule has 2 aliphatic rings. The van der Waals surface area contributed by atoms with E-state index in [0.717, 1.165) is 49.4 Å². The first-order valence-corrected chi connectivity index (χ1v) is 11.0. The fourth-order valence-corrected chi connectivity index (χ4v) is 5.15. The average Bonchev–Trinajstić information content (AvgIpc) is 3.55. The molecule has 1 amide bonds. The van der Waals surface area contributed by atoms with Gasteiger partial charge in [0.25, 0.3) is 0 Å². The molecule has 1 spiro atoms. The minimum absolute atomic E-state index is 0.0887. The number of carbonyl (C=O) groups is 1. The van der Waals surface area contributed by atoms with Gasteiger partial charge in [-0.3, -0.25) is 14.7 Å². The van der Waals surface area contributed by atoms with Gasteiger partial charge < -0.3 is 13.9 Å². The molecule has 5 heterocycles. The van der Waals surface area contributed by atoms with Crippen molar-refractivity contribution < 1.29 is 9.21 Å². The van der Waals surface area contributed by atoms with Gasteiger partial charge in [-0.25, -0.2) is 4.98 Å².